The van der Waals surface area contributed by atoms with Crippen LogP contribution < -0.4 is 10.1 Å². The lowest BCUT2D eigenvalue weighted by atomic mass is 10.0. The normalized spacial score (nSPS) is 15.3. The lowest BCUT2D eigenvalue weighted by Gasteiger charge is -2.21. The van der Waals surface area contributed by atoms with E-state index in [2.05, 4.69) is 12.2 Å². The van der Waals surface area contributed by atoms with E-state index in [-0.39, 0.29) is 17.7 Å². The summed E-state index contributed by atoms with van der Waals surface area (Å²) in [6, 6.07) is 17.2. The fourth-order valence-electron chi connectivity index (χ4n) is 3.54. The highest BCUT2D eigenvalue weighted by Gasteiger charge is 2.22. The third-order valence-electron chi connectivity index (χ3n) is 5.08. The summed E-state index contributed by atoms with van der Waals surface area (Å²) in [5.74, 6) is 0.977. The third-order valence-corrected chi connectivity index (χ3v) is 5.08. The molecule has 1 heterocycles. The summed E-state index contributed by atoms with van der Waals surface area (Å²) in [7, 11) is 1.62. The van der Waals surface area contributed by atoms with Crippen molar-refractivity contribution in [1.82, 2.24) is 10.2 Å². The van der Waals surface area contributed by atoms with Crippen molar-refractivity contribution in [2.45, 2.75) is 19.8 Å². The lowest BCUT2D eigenvalue weighted by Crippen LogP contribution is -2.36. The first-order valence-corrected chi connectivity index (χ1v) is 10.0. The van der Waals surface area contributed by atoms with Crippen LogP contribution in [0.5, 0.6) is 5.75 Å². The van der Waals surface area contributed by atoms with Crippen LogP contribution in [0.4, 0.5) is 0 Å². The SMILES string of the molecule is COc1ccccc1/C=C(/C(=O)NCC(C)CN1CCCC1=O)c1ccccc1. The van der Waals surface area contributed by atoms with E-state index in [1.54, 1.807) is 7.11 Å². The van der Waals surface area contributed by atoms with Crippen molar-refractivity contribution in [2.24, 2.45) is 5.92 Å². The number of para-hydroxylation sites is 1. The van der Waals surface area contributed by atoms with Gasteiger partial charge in [0.25, 0.3) is 5.91 Å². The molecule has 2 aromatic carbocycles. The Hall–Kier alpha value is -3.08. The van der Waals surface area contributed by atoms with E-state index < -0.39 is 0 Å². The maximum atomic E-state index is 13.1. The Kier molecular flexibility index (Phi) is 7.06. The molecule has 0 saturated carbocycles. The Bertz CT molecular complexity index is 877. The number of amides is 2. The van der Waals surface area contributed by atoms with Crippen molar-refractivity contribution in [2.75, 3.05) is 26.7 Å². The van der Waals surface area contributed by atoms with Crippen molar-refractivity contribution < 1.29 is 14.3 Å². The Morgan fingerprint density at radius 3 is 2.59 bits per heavy atom. The van der Waals surface area contributed by atoms with E-state index in [4.69, 9.17) is 4.74 Å². The number of nitrogens with zero attached hydrogens (tertiary/aromatic N) is 1. The van der Waals surface area contributed by atoms with Crippen LogP contribution in [-0.4, -0.2) is 43.5 Å². The maximum Gasteiger partial charge on any atom is 0.251 e. The molecule has 3 rings (SSSR count). The highest BCUT2D eigenvalue weighted by Crippen LogP contribution is 2.25. The Balaban J connectivity index is 1.75. The van der Waals surface area contributed by atoms with Crippen LogP contribution in [0.15, 0.2) is 54.6 Å². The summed E-state index contributed by atoms with van der Waals surface area (Å²) in [6.07, 6.45) is 3.43. The quantitative estimate of drug-likeness (QED) is 0.551. The standard InChI is InChI=1S/C24H28N2O3/c1-18(17-26-14-8-13-23(26)27)16-25-24(28)21(19-9-4-3-5-10-19)15-20-11-6-7-12-22(20)29-2/h3-7,9-12,15,18H,8,13-14,16-17H2,1-2H3,(H,25,28)/b21-15+. The van der Waals surface area contributed by atoms with E-state index in [9.17, 15) is 9.59 Å². The molecular formula is C24H28N2O3. The number of ether oxygens (including phenoxy) is 1. The Morgan fingerprint density at radius 1 is 1.17 bits per heavy atom. The third kappa shape index (κ3) is 5.47. The molecule has 2 aromatic rings. The van der Waals surface area contributed by atoms with E-state index in [0.717, 1.165) is 29.8 Å². The van der Waals surface area contributed by atoms with Crippen LogP contribution >= 0.6 is 0 Å². The molecule has 1 atom stereocenters. The van der Waals surface area contributed by atoms with Crippen LogP contribution in [-0.2, 0) is 9.59 Å². The summed E-state index contributed by atoms with van der Waals surface area (Å²) in [5, 5.41) is 3.04. The summed E-state index contributed by atoms with van der Waals surface area (Å²) in [6.45, 7) is 4.06. The van der Waals surface area contributed by atoms with Gasteiger partial charge in [-0.05, 0) is 30.0 Å². The lowest BCUT2D eigenvalue weighted by molar-refractivity contribution is -0.128. The number of hydrogen-bond acceptors (Lipinski definition) is 3. The first-order chi connectivity index (χ1) is 14.1. The summed E-state index contributed by atoms with van der Waals surface area (Å²) in [4.78, 5) is 26.8. The molecule has 1 aliphatic rings. The highest BCUT2D eigenvalue weighted by atomic mass is 16.5. The summed E-state index contributed by atoms with van der Waals surface area (Å²) >= 11 is 0. The summed E-state index contributed by atoms with van der Waals surface area (Å²) < 4.78 is 5.43. The number of carbonyl (C=O) groups is 2. The minimum atomic E-state index is -0.137. The minimum Gasteiger partial charge on any atom is -0.496 e. The van der Waals surface area contributed by atoms with Crippen LogP contribution in [0.25, 0.3) is 11.6 Å². The molecule has 1 unspecified atom stereocenters. The molecule has 1 aliphatic heterocycles. The molecule has 2 amide bonds. The van der Waals surface area contributed by atoms with Gasteiger partial charge in [-0.2, -0.15) is 0 Å². The molecule has 1 N–H and O–H groups in total. The van der Waals surface area contributed by atoms with E-state index in [0.29, 0.717) is 25.1 Å². The van der Waals surface area contributed by atoms with Crippen LogP contribution in [0.1, 0.15) is 30.9 Å². The molecule has 0 radical (unpaired) electrons. The fourth-order valence-corrected chi connectivity index (χ4v) is 3.54. The van der Waals surface area contributed by atoms with E-state index >= 15 is 0 Å². The number of benzene rings is 2. The van der Waals surface area contributed by atoms with Gasteiger partial charge >= 0.3 is 0 Å². The van der Waals surface area contributed by atoms with E-state index in [1.807, 2.05) is 65.6 Å². The van der Waals surface area contributed by atoms with Crippen molar-refractivity contribution in [3.05, 3.63) is 65.7 Å². The van der Waals surface area contributed by atoms with Crippen molar-refractivity contribution in [3.63, 3.8) is 0 Å². The van der Waals surface area contributed by atoms with Crippen molar-refractivity contribution in [3.8, 4) is 5.75 Å². The van der Waals surface area contributed by atoms with Crippen LogP contribution in [0, 0.1) is 5.92 Å². The van der Waals surface area contributed by atoms with Gasteiger partial charge in [0, 0.05) is 37.2 Å². The topological polar surface area (TPSA) is 58.6 Å². The van der Waals surface area contributed by atoms with Crippen LogP contribution in [0.3, 0.4) is 0 Å². The molecule has 152 valence electrons. The smallest absolute Gasteiger partial charge is 0.251 e. The van der Waals surface area contributed by atoms with Gasteiger partial charge in [0.15, 0.2) is 0 Å². The number of rotatable bonds is 8. The highest BCUT2D eigenvalue weighted by molar-refractivity contribution is 6.24. The van der Waals surface area contributed by atoms with Gasteiger partial charge in [0.1, 0.15) is 5.75 Å². The van der Waals surface area contributed by atoms with Gasteiger partial charge in [0.2, 0.25) is 5.91 Å². The zero-order valence-corrected chi connectivity index (χ0v) is 17.1. The zero-order chi connectivity index (χ0) is 20.6. The fraction of sp³-hybridized carbons (Fsp3) is 0.333. The largest absolute Gasteiger partial charge is 0.496 e. The van der Waals surface area contributed by atoms with E-state index in [1.165, 1.54) is 0 Å². The zero-order valence-electron chi connectivity index (χ0n) is 17.1. The number of methoxy groups -OCH3 is 1. The minimum absolute atomic E-state index is 0.137. The monoisotopic (exact) mass is 392 g/mol. The summed E-state index contributed by atoms with van der Waals surface area (Å²) in [5.41, 5.74) is 2.28. The van der Waals surface area contributed by atoms with Crippen LogP contribution in [0.2, 0.25) is 0 Å². The van der Waals surface area contributed by atoms with Gasteiger partial charge in [0.05, 0.1) is 7.11 Å². The molecule has 0 aliphatic carbocycles. The molecule has 1 saturated heterocycles. The predicted octanol–water partition coefficient (Wildman–Crippen LogP) is 3.61. The second-order valence-corrected chi connectivity index (χ2v) is 7.42. The molecule has 0 aromatic heterocycles. The van der Waals surface area contributed by atoms with Gasteiger partial charge in [-0.25, -0.2) is 0 Å². The molecule has 5 heteroatoms. The van der Waals surface area contributed by atoms with Crippen molar-refractivity contribution >= 4 is 23.5 Å². The van der Waals surface area contributed by atoms with Gasteiger partial charge in [-0.3, -0.25) is 9.59 Å². The van der Waals surface area contributed by atoms with Crippen molar-refractivity contribution in [1.29, 1.82) is 0 Å². The Labute approximate surface area is 172 Å². The first kappa shape index (κ1) is 20.6. The molecule has 5 nitrogen and oxygen atoms in total. The number of likely N-dealkylation sites (tertiary alicyclic amines) is 1. The predicted molar refractivity (Wildman–Crippen MR) is 115 cm³/mol. The molecule has 0 bridgehead atoms. The van der Waals surface area contributed by atoms with Gasteiger partial charge < -0.3 is 15.0 Å². The second kappa shape index (κ2) is 9.92. The number of hydrogen-bond donors (Lipinski definition) is 1. The van der Waals surface area contributed by atoms with Gasteiger partial charge in [-0.1, -0.05) is 55.5 Å². The molecular weight excluding hydrogens is 364 g/mol. The van der Waals surface area contributed by atoms with Gasteiger partial charge in [-0.15, -0.1) is 0 Å². The number of carbonyl (C=O) groups excluding carboxylic acids is 2. The Morgan fingerprint density at radius 2 is 1.90 bits per heavy atom. The molecule has 0 spiro atoms. The second-order valence-electron chi connectivity index (χ2n) is 7.42. The first-order valence-electron chi connectivity index (χ1n) is 10.0. The molecule has 1 fully saturated rings. The average molecular weight is 392 g/mol. The number of nitrogens with one attached hydrogen (secondary N) is 1. The molecule has 29 heavy (non-hydrogen) atoms. The maximum absolute atomic E-state index is 13.1. The average Bonchev–Trinajstić information content (AvgIpc) is 3.15.